The van der Waals surface area contributed by atoms with Crippen LogP contribution in [0.2, 0.25) is 0 Å². The van der Waals surface area contributed by atoms with Crippen LogP contribution in [-0.4, -0.2) is 36.8 Å². The minimum atomic E-state index is -0.568. The monoisotopic (exact) mass is 636 g/mol. The van der Waals surface area contributed by atoms with Gasteiger partial charge in [0.2, 0.25) is 0 Å². The molecule has 0 atom stereocenters. The molecule has 2 amide bonds. The van der Waals surface area contributed by atoms with E-state index in [4.69, 9.17) is 9.47 Å². The van der Waals surface area contributed by atoms with Gasteiger partial charge >= 0.3 is 0 Å². The molecule has 0 saturated heterocycles. The van der Waals surface area contributed by atoms with E-state index < -0.39 is 17.3 Å². The number of carbonyl (C=O) groups is 2. The number of benzene rings is 3. The number of nitrogens with one attached hydrogen (secondary N) is 3. The quantitative estimate of drug-likeness (QED) is 0.155. The summed E-state index contributed by atoms with van der Waals surface area (Å²) in [7, 11) is 4.55. The molecular weight excluding hydrogens is 595 g/mol. The predicted molar refractivity (Wildman–Crippen MR) is 181 cm³/mol. The Morgan fingerprint density at radius 3 is 2.20 bits per heavy atom. The van der Waals surface area contributed by atoms with Gasteiger partial charge in [-0.3, -0.25) is 19.0 Å². The smallest absolute Gasteiger partial charge is 0.259 e. The number of aryl methyl sites for hydroxylation is 1. The molecule has 9 nitrogen and oxygen atoms in total. The van der Waals surface area contributed by atoms with Crippen molar-refractivity contribution < 1.29 is 23.5 Å². The summed E-state index contributed by atoms with van der Waals surface area (Å²) in [6.07, 6.45) is 1.69. The van der Waals surface area contributed by atoms with E-state index in [1.54, 1.807) is 63.6 Å². The number of hydrogen-bond acceptors (Lipinski definition) is 7. The SMILES string of the molecule is CC.CNC(=O)c1cccc(Oc2cc(=O)n(C)c(Nc3ccc(C)cc3F)c2C(=O)NCc2ccc(OC)cc2)c1C.CS. The zero-order chi connectivity index (χ0) is 33.7. The van der Waals surface area contributed by atoms with Gasteiger partial charge in [0.1, 0.15) is 34.4 Å². The largest absolute Gasteiger partial charge is 0.497 e. The topological polar surface area (TPSA) is 111 Å². The van der Waals surface area contributed by atoms with Gasteiger partial charge < -0.3 is 25.4 Å². The molecule has 3 aromatic carbocycles. The van der Waals surface area contributed by atoms with Crippen LogP contribution in [0.25, 0.3) is 0 Å². The highest BCUT2D eigenvalue weighted by atomic mass is 32.1. The predicted octanol–water partition coefficient (Wildman–Crippen LogP) is 6.55. The van der Waals surface area contributed by atoms with Crippen molar-refractivity contribution in [1.29, 1.82) is 0 Å². The number of hydrogen-bond donors (Lipinski definition) is 4. The van der Waals surface area contributed by atoms with Gasteiger partial charge in [0.15, 0.2) is 0 Å². The lowest BCUT2D eigenvalue weighted by molar-refractivity contribution is 0.0944. The van der Waals surface area contributed by atoms with Crippen molar-refractivity contribution in [2.45, 2.75) is 34.2 Å². The lowest BCUT2D eigenvalue weighted by Gasteiger charge is -2.20. The number of thiol groups is 1. The molecule has 0 fully saturated rings. The summed E-state index contributed by atoms with van der Waals surface area (Å²) in [5, 5.41) is 8.35. The minimum Gasteiger partial charge on any atom is -0.497 e. The van der Waals surface area contributed by atoms with Crippen molar-refractivity contribution in [2.24, 2.45) is 7.05 Å². The van der Waals surface area contributed by atoms with Crippen LogP contribution in [0.3, 0.4) is 0 Å². The molecule has 0 radical (unpaired) electrons. The van der Waals surface area contributed by atoms with E-state index in [9.17, 15) is 18.8 Å². The van der Waals surface area contributed by atoms with Crippen LogP contribution < -0.4 is 31.0 Å². The molecule has 1 aromatic heterocycles. The minimum absolute atomic E-state index is 0.0228. The number of ether oxygens (including phenoxy) is 2. The van der Waals surface area contributed by atoms with E-state index in [0.29, 0.717) is 22.4 Å². The first-order valence-electron chi connectivity index (χ1n) is 14.3. The second kappa shape index (κ2) is 17.5. The molecule has 0 spiro atoms. The fourth-order valence-corrected chi connectivity index (χ4v) is 4.21. The average molecular weight is 637 g/mol. The van der Waals surface area contributed by atoms with Crippen LogP contribution >= 0.6 is 12.6 Å². The lowest BCUT2D eigenvalue weighted by atomic mass is 10.1. The molecule has 4 aromatic rings. The van der Waals surface area contributed by atoms with Gasteiger partial charge in [-0.1, -0.05) is 38.1 Å². The van der Waals surface area contributed by atoms with Crippen LogP contribution in [0, 0.1) is 19.7 Å². The fourth-order valence-electron chi connectivity index (χ4n) is 4.21. The summed E-state index contributed by atoms with van der Waals surface area (Å²) < 4.78 is 27.4. The Kier molecular flexibility index (Phi) is 14.2. The van der Waals surface area contributed by atoms with E-state index in [-0.39, 0.29) is 41.0 Å². The second-order valence-corrected chi connectivity index (χ2v) is 9.38. The summed E-state index contributed by atoms with van der Waals surface area (Å²) in [5.74, 6) is -0.517. The highest BCUT2D eigenvalue weighted by Gasteiger charge is 2.24. The van der Waals surface area contributed by atoms with Crippen LogP contribution in [0.4, 0.5) is 15.9 Å². The van der Waals surface area contributed by atoms with Crippen molar-refractivity contribution in [2.75, 3.05) is 25.7 Å². The van der Waals surface area contributed by atoms with Gasteiger partial charge in [-0.15, -0.1) is 0 Å². The van der Waals surface area contributed by atoms with Gasteiger partial charge in [-0.05, 0) is 67.6 Å². The van der Waals surface area contributed by atoms with Crippen molar-refractivity contribution >= 4 is 35.9 Å². The van der Waals surface area contributed by atoms with Crippen molar-refractivity contribution in [3.05, 3.63) is 111 Å². The third-order valence-electron chi connectivity index (χ3n) is 6.60. The van der Waals surface area contributed by atoms with E-state index in [0.717, 1.165) is 5.56 Å². The van der Waals surface area contributed by atoms with E-state index in [2.05, 4.69) is 28.6 Å². The number of carbonyl (C=O) groups excluding carboxylic acids is 2. The summed E-state index contributed by atoms with van der Waals surface area (Å²) >= 11 is 3.53. The molecule has 1 heterocycles. The zero-order valence-corrected chi connectivity index (χ0v) is 27.8. The van der Waals surface area contributed by atoms with Gasteiger partial charge in [0.05, 0.1) is 12.8 Å². The highest BCUT2D eigenvalue weighted by molar-refractivity contribution is 7.79. The van der Waals surface area contributed by atoms with Crippen molar-refractivity contribution in [1.82, 2.24) is 15.2 Å². The summed E-state index contributed by atoms with van der Waals surface area (Å²) in [5.41, 5.74) is 1.95. The molecule has 0 unspecified atom stereocenters. The number of anilines is 2. The molecule has 0 aliphatic carbocycles. The number of aromatic nitrogens is 1. The Labute approximate surface area is 269 Å². The van der Waals surface area contributed by atoms with Crippen molar-refractivity contribution in [3.8, 4) is 17.2 Å². The van der Waals surface area contributed by atoms with Gasteiger partial charge in [0, 0.05) is 37.8 Å². The van der Waals surface area contributed by atoms with E-state index in [1.807, 2.05) is 26.0 Å². The van der Waals surface area contributed by atoms with Crippen LogP contribution in [0.5, 0.6) is 17.2 Å². The average Bonchev–Trinajstić information content (AvgIpc) is 3.06. The molecule has 0 saturated carbocycles. The Balaban J connectivity index is 0.00000169. The second-order valence-electron chi connectivity index (χ2n) is 9.38. The number of halogens is 1. The third-order valence-corrected chi connectivity index (χ3v) is 6.60. The van der Waals surface area contributed by atoms with E-state index in [1.165, 1.54) is 36.9 Å². The maximum Gasteiger partial charge on any atom is 0.259 e. The zero-order valence-electron chi connectivity index (χ0n) is 26.9. The molecule has 0 bridgehead atoms. The number of rotatable bonds is 9. The number of nitrogens with zero attached hydrogens (tertiary/aromatic N) is 1. The molecule has 0 aliphatic rings. The van der Waals surface area contributed by atoms with Crippen LogP contribution in [0.15, 0.2) is 71.5 Å². The van der Waals surface area contributed by atoms with Crippen LogP contribution in [-0.2, 0) is 13.6 Å². The maximum atomic E-state index is 14.9. The molecule has 240 valence electrons. The number of methoxy groups -OCH3 is 1. The lowest BCUT2D eigenvalue weighted by Crippen LogP contribution is -2.29. The fraction of sp³-hybridized carbons (Fsp3) is 0.265. The van der Waals surface area contributed by atoms with E-state index >= 15 is 0 Å². The summed E-state index contributed by atoms with van der Waals surface area (Å²) in [6.45, 7) is 7.62. The van der Waals surface area contributed by atoms with Gasteiger partial charge in [0.25, 0.3) is 17.4 Å². The normalized spacial score (nSPS) is 9.91. The molecule has 3 N–H and O–H groups in total. The Morgan fingerprint density at radius 1 is 0.933 bits per heavy atom. The number of amides is 2. The summed E-state index contributed by atoms with van der Waals surface area (Å²) in [6, 6.07) is 17.8. The molecule has 11 heteroatoms. The Hall–Kier alpha value is -4.77. The molecule has 0 aliphatic heterocycles. The first-order valence-corrected chi connectivity index (χ1v) is 15.1. The van der Waals surface area contributed by atoms with Crippen molar-refractivity contribution in [3.63, 3.8) is 0 Å². The van der Waals surface area contributed by atoms with Gasteiger partial charge in [-0.25, -0.2) is 4.39 Å². The first kappa shape index (κ1) is 36.4. The molecular formula is C34H41FN4O5S. The molecule has 45 heavy (non-hydrogen) atoms. The Bertz CT molecular complexity index is 1670. The first-order chi connectivity index (χ1) is 21.6. The van der Waals surface area contributed by atoms with Crippen LogP contribution in [0.1, 0.15) is 51.3 Å². The summed E-state index contributed by atoms with van der Waals surface area (Å²) in [4.78, 5) is 39.1. The molecule has 4 rings (SSSR count). The van der Waals surface area contributed by atoms with Gasteiger partial charge in [-0.2, -0.15) is 12.6 Å². The standard InChI is InChI=1S/C31H31FN4O5.C2H6.CH4S/c1-18-9-14-24(23(32)15-18)35-29-28(31(39)34-17-20-10-12-21(40-5)13-11-20)26(16-27(37)36(29)4)41-25-8-6-7-22(19(25)2)30(38)33-3;2*1-2/h6-16,35H,17H2,1-5H3,(H,33,38)(H,34,39);1-2H3;2H,1H3. The highest BCUT2D eigenvalue weighted by Crippen LogP contribution is 2.34. The number of pyridine rings is 1. The third kappa shape index (κ3) is 9.12. The maximum absolute atomic E-state index is 14.9. The Morgan fingerprint density at radius 2 is 1.60 bits per heavy atom.